The maximum Gasteiger partial charge on any atom is 0.295 e. The summed E-state index contributed by atoms with van der Waals surface area (Å²) in [6.45, 7) is 4.84. The molecule has 0 bridgehead atoms. The fourth-order valence-corrected chi connectivity index (χ4v) is 3.98. The van der Waals surface area contributed by atoms with Crippen LogP contribution in [0.15, 0.2) is 67.0 Å². The quantitative estimate of drug-likeness (QED) is 0.378. The van der Waals surface area contributed by atoms with E-state index in [9.17, 15) is 14.7 Å². The molecule has 1 aliphatic rings. The molecule has 1 aliphatic heterocycles. The number of hydrogen-bond donors (Lipinski definition) is 1. The van der Waals surface area contributed by atoms with E-state index in [1.165, 1.54) is 0 Å². The molecule has 1 amide bonds. The minimum atomic E-state index is -0.664. The van der Waals surface area contributed by atoms with Crippen molar-refractivity contribution in [3.8, 4) is 0 Å². The Labute approximate surface area is 180 Å². The van der Waals surface area contributed by atoms with Crippen LogP contribution in [0.1, 0.15) is 34.7 Å². The monoisotopic (exact) mass is 416 g/mol. The third-order valence-electron chi connectivity index (χ3n) is 5.58. The third kappa shape index (κ3) is 3.99. The number of benzene rings is 1. The Hall–Kier alpha value is -3.74. The largest absolute Gasteiger partial charge is 0.507 e. The molecule has 1 fully saturated rings. The Bertz CT molecular complexity index is 1140. The van der Waals surface area contributed by atoms with Gasteiger partial charge in [0.25, 0.3) is 11.7 Å². The summed E-state index contributed by atoms with van der Waals surface area (Å²) in [6, 6.07) is 8.56. The van der Waals surface area contributed by atoms with E-state index in [1.807, 2.05) is 42.8 Å². The summed E-state index contributed by atoms with van der Waals surface area (Å²) < 4.78 is 1.92. The molecular formula is C24H24N4O3. The number of aliphatic hydroxyl groups excluding tert-OH is 1. The molecule has 31 heavy (non-hydrogen) atoms. The van der Waals surface area contributed by atoms with Gasteiger partial charge in [0.05, 0.1) is 17.9 Å². The molecule has 0 spiro atoms. The van der Waals surface area contributed by atoms with Crippen LogP contribution >= 0.6 is 0 Å². The molecule has 1 N–H and O–H groups in total. The van der Waals surface area contributed by atoms with Crippen molar-refractivity contribution in [1.29, 1.82) is 0 Å². The van der Waals surface area contributed by atoms with Crippen molar-refractivity contribution in [2.45, 2.75) is 32.9 Å². The van der Waals surface area contributed by atoms with Crippen LogP contribution < -0.4 is 0 Å². The number of hydrogen-bond acceptors (Lipinski definition) is 5. The lowest BCUT2D eigenvalue weighted by Crippen LogP contribution is -2.31. The van der Waals surface area contributed by atoms with Crippen LogP contribution in [0.5, 0.6) is 0 Å². The normalized spacial score (nSPS) is 18.0. The van der Waals surface area contributed by atoms with Gasteiger partial charge in [-0.1, -0.05) is 17.7 Å². The number of aliphatic hydroxyl groups is 1. The Morgan fingerprint density at radius 2 is 1.81 bits per heavy atom. The Kier molecular flexibility index (Phi) is 5.66. The van der Waals surface area contributed by atoms with Gasteiger partial charge in [-0.15, -0.1) is 0 Å². The third-order valence-corrected chi connectivity index (χ3v) is 5.58. The minimum Gasteiger partial charge on any atom is -0.507 e. The Morgan fingerprint density at radius 1 is 1.03 bits per heavy atom. The SMILES string of the molecule is Cc1ccc(C)c(C(O)=C2C(=O)C(=O)N(CCCn3ccnc3)[C@@H]2c2ccncc2)c1. The number of amides is 1. The zero-order chi connectivity index (χ0) is 22.0. The highest BCUT2D eigenvalue weighted by Gasteiger charge is 2.45. The second kappa shape index (κ2) is 8.55. The molecule has 0 radical (unpaired) electrons. The molecule has 7 heteroatoms. The lowest BCUT2D eigenvalue weighted by Gasteiger charge is -2.25. The first-order chi connectivity index (χ1) is 15.0. The van der Waals surface area contributed by atoms with Gasteiger partial charge in [-0.3, -0.25) is 14.6 Å². The number of pyridine rings is 1. The van der Waals surface area contributed by atoms with Gasteiger partial charge in [0.1, 0.15) is 5.76 Å². The van der Waals surface area contributed by atoms with Crippen molar-refractivity contribution in [2.24, 2.45) is 0 Å². The molecule has 0 unspecified atom stereocenters. The number of carbonyl (C=O) groups is 2. The summed E-state index contributed by atoms with van der Waals surface area (Å²) in [7, 11) is 0. The molecule has 0 aliphatic carbocycles. The average molecular weight is 416 g/mol. The highest BCUT2D eigenvalue weighted by Crippen LogP contribution is 2.39. The van der Waals surface area contributed by atoms with Gasteiger partial charge >= 0.3 is 0 Å². The van der Waals surface area contributed by atoms with E-state index in [0.717, 1.165) is 16.7 Å². The van der Waals surface area contributed by atoms with Crippen molar-refractivity contribution >= 4 is 17.4 Å². The molecule has 3 heterocycles. The van der Waals surface area contributed by atoms with Crippen LogP contribution in [0.2, 0.25) is 0 Å². The fraction of sp³-hybridized carbons (Fsp3) is 0.250. The number of nitrogens with zero attached hydrogens (tertiary/aromatic N) is 4. The van der Waals surface area contributed by atoms with Crippen LogP contribution in [-0.4, -0.2) is 42.8 Å². The molecule has 1 atom stereocenters. The van der Waals surface area contributed by atoms with Crippen LogP contribution in [-0.2, 0) is 16.1 Å². The molecule has 1 aromatic carbocycles. The maximum atomic E-state index is 13.1. The molecular weight excluding hydrogens is 392 g/mol. The second-order valence-electron chi connectivity index (χ2n) is 7.75. The van der Waals surface area contributed by atoms with E-state index in [0.29, 0.717) is 25.1 Å². The van der Waals surface area contributed by atoms with Crippen LogP contribution in [0, 0.1) is 13.8 Å². The molecule has 1 saturated heterocycles. The number of carbonyl (C=O) groups excluding carboxylic acids is 2. The van der Waals surface area contributed by atoms with Crippen LogP contribution in [0.25, 0.3) is 5.76 Å². The van der Waals surface area contributed by atoms with E-state index in [-0.39, 0.29) is 11.3 Å². The van der Waals surface area contributed by atoms with Crippen molar-refractivity contribution in [2.75, 3.05) is 6.54 Å². The number of imidazole rings is 1. The highest BCUT2D eigenvalue weighted by atomic mass is 16.3. The summed E-state index contributed by atoms with van der Waals surface area (Å²) >= 11 is 0. The van der Waals surface area contributed by atoms with Gasteiger partial charge in [-0.2, -0.15) is 0 Å². The number of aromatic nitrogens is 3. The lowest BCUT2D eigenvalue weighted by molar-refractivity contribution is -0.139. The van der Waals surface area contributed by atoms with Crippen molar-refractivity contribution in [1.82, 2.24) is 19.4 Å². The van der Waals surface area contributed by atoms with Gasteiger partial charge in [0.15, 0.2) is 0 Å². The van der Waals surface area contributed by atoms with Gasteiger partial charge in [0, 0.05) is 43.4 Å². The first kappa shape index (κ1) is 20.5. The summed E-state index contributed by atoms with van der Waals surface area (Å²) in [4.78, 5) is 35.7. The zero-order valence-corrected chi connectivity index (χ0v) is 17.5. The summed E-state index contributed by atoms with van der Waals surface area (Å²) in [5.74, 6) is -1.40. The fourth-order valence-electron chi connectivity index (χ4n) is 3.98. The molecule has 158 valence electrons. The predicted molar refractivity (Wildman–Crippen MR) is 116 cm³/mol. The topological polar surface area (TPSA) is 88.3 Å². The molecule has 7 nitrogen and oxygen atoms in total. The van der Waals surface area contributed by atoms with E-state index < -0.39 is 17.7 Å². The number of likely N-dealkylation sites (tertiary alicyclic amines) is 1. The van der Waals surface area contributed by atoms with E-state index in [2.05, 4.69) is 9.97 Å². The average Bonchev–Trinajstić information content (AvgIpc) is 3.38. The minimum absolute atomic E-state index is 0.118. The van der Waals surface area contributed by atoms with Gasteiger partial charge < -0.3 is 14.6 Å². The first-order valence-electron chi connectivity index (χ1n) is 10.2. The smallest absolute Gasteiger partial charge is 0.295 e. The molecule has 4 rings (SSSR count). The second-order valence-corrected chi connectivity index (χ2v) is 7.75. The number of ketones is 1. The summed E-state index contributed by atoms with van der Waals surface area (Å²) in [5, 5.41) is 11.2. The molecule has 0 saturated carbocycles. The lowest BCUT2D eigenvalue weighted by atomic mass is 9.93. The predicted octanol–water partition coefficient (Wildman–Crippen LogP) is 3.41. The first-order valence-corrected chi connectivity index (χ1v) is 10.2. The summed E-state index contributed by atoms with van der Waals surface area (Å²) in [5.41, 5.74) is 3.22. The van der Waals surface area contributed by atoms with E-state index in [4.69, 9.17) is 0 Å². The number of rotatable bonds is 6. The van der Waals surface area contributed by atoms with Crippen LogP contribution in [0.4, 0.5) is 0 Å². The highest BCUT2D eigenvalue weighted by molar-refractivity contribution is 6.46. The van der Waals surface area contributed by atoms with Gasteiger partial charge in [-0.25, -0.2) is 4.98 Å². The standard InChI is InChI=1S/C24H24N4O3/c1-16-4-5-17(2)19(14-16)22(29)20-21(18-6-8-25-9-7-18)28(24(31)23(20)30)12-3-11-27-13-10-26-15-27/h4-10,13-15,21,29H,3,11-12H2,1-2H3/t21-/m1/s1. The van der Waals surface area contributed by atoms with Crippen molar-refractivity contribution < 1.29 is 14.7 Å². The zero-order valence-electron chi connectivity index (χ0n) is 17.5. The number of Topliss-reactive ketones (excluding diaryl/α,β-unsaturated/α-hetero) is 1. The van der Waals surface area contributed by atoms with Crippen LogP contribution in [0.3, 0.4) is 0 Å². The number of aryl methyl sites for hydroxylation is 3. The van der Waals surface area contributed by atoms with Crippen molar-refractivity contribution in [3.63, 3.8) is 0 Å². The Morgan fingerprint density at radius 3 is 2.52 bits per heavy atom. The van der Waals surface area contributed by atoms with Gasteiger partial charge in [0.2, 0.25) is 0 Å². The molecule has 3 aromatic rings. The molecule has 2 aromatic heterocycles. The van der Waals surface area contributed by atoms with E-state index >= 15 is 0 Å². The Balaban J connectivity index is 1.75. The summed E-state index contributed by atoms with van der Waals surface area (Å²) in [6.07, 6.45) is 9.17. The van der Waals surface area contributed by atoms with Crippen molar-refractivity contribution in [3.05, 3.63) is 89.3 Å². The van der Waals surface area contributed by atoms with E-state index in [1.54, 1.807) is 42.0 Å². The van der Waals surface area contributed by atoms with Gasteiger partial charge in [-0.05, 0) is 49.6 Å². The maximum absolute atomic E-state index is 13.1.